The van der Waals surface area contributed by atoms with Crippen molar-refractivity contribution >= 4 is 28.7 Å². The third-order valence-electron chi connectivity index (χ3n) is 5.08. The van der Waals surface area contributed by atoms with Gasteiger partial charge in [-0.2, -0.15) is 0 Å². The summed E-state index contributed by atoms with van der Waals surface area (Å²) in [5.74, 6) is 0.286. The molecule has 0 atom stereocenters. The van der Waals surface area contributed by atoms with Crippen molar-refractivity contribution in [1.29, 1.82) is 0 Å². The predicted octanol–water partition coefficient (Wildman–Crippen LogP) is 3.29. The monoisotopic (exact) mass is 435 g/mol. The zero-order chi connectivity index (χ0) is 22.2. The van der Waals surface area contributed by atoms with Gasteiger partial charge in [0.05, 0.1) is 29.5 Å². The van der Waals surface area contributed by atoms with E-state index in [1.54, 1.807) is 5.01 Å². The zero-order valence-electron chi connectivity index (χ0n) is 17.6. The van der Waals surface area contributed by atoms with E-state index in [1.807, 2.05) is 60.7 Å². The summed E-state index contributed by atoms with van der Waals surface area (Å²) in [5.41, 5.74) is 4.54. The molecule has 4 rings (SSSR count). The highest BCUT2D eigenvalue weighted by Crippen LogP contribution is 2.32. The first-order chi connectivity index (χ1) is 15.7. The van der Waals surface area contributed by atoms with Gasteiger partial charge >= 0.3 is 5.69 Å². The van der Waals surface area contributed by atoms with E-state index in [2.05, 4.69) is 25.6 Å². The fraction of sp³-hybridized carbons (Fsp3) is 0.273. The summed E-state index contributed by atoms with van der Waals surface area (Å²) < 4.78 is 5.36. The van der Waals surface area contributed by atoms with Crippen molar-refractivity contribution in [3.8, 4) is 0 Å². The normalized spacial score (nSPS) is 14.0. The molecule has 1 aromatic heterocycles. The lowest BCUT2D eigenvalue weighted by Crippen LogP contribution is -2.39. The summed E-state index contributed by atoms with van der Waals surface area (Å²) in [5, 5.41) is 16.8. The maximum Gasteiger partial charge on any atom is 0.354 e. The Labute approximate surface area is 186 Å². The Morgan fingerprint density at radius 1 is 0.969 bits per heavy atom. The molecule has 10 nitrogen and oxygen atoms in total. The molecule has 0 amide bonds. The lowest BCUT2D eigenvalue weighted by Gasteiger charge is -2.27. The third-order valence-corrected chi connectivity index (χ3v) is 5.08. The summed E-state index contributed by atoms with van der Waals surface area (Å²) in [4.78, 5) is 22.0. The average Bonchev–Trinajstić information content (AvgIpc) is 2.84. The fourth-order valence-corrected chi connectivity index (χ4v) is 3.46. The number of hydrazine groups is 1. The molecule has 2 N–H and O–H groups in total. The molecule has 0 saturated carbocycles. The minimum Gasteiger partial charge on any atom is -0.379 e. The number of hydrogen-bond acceptors (Lipinski definition) is 9. The lowest BCUT2D eigenvalue weighted by molar-refractivity contribution is -0.383. The van der Waals surface area contributed by atoms with E-state index in [0.717, 1.165) is 31.0 Å². The van der Waals surface area contributed by atoms with Crippen molar-refractivity contribution in [3.63, 3.8) is 0 Å². The van der Waals surface area contributed by atoms with Gasteiger partial charge in [-0.15, -0.1) is 0 Å². The first-order valence-electron chi connectivity index (χ1n) is 10.4. The lowest BCUT2D eigenvalue weighted by atomic mass is 10.2. The molecule has 0 unspecified atom stereocenters. The van der Waals surface area contributed by atoms with Crippen LogP contribution in [0.15, 0.2) is 67.0 Å². The molecule has 1 saturated heterocycles. The average molecular weight is 435 g/mol. The second-order valence-electron chi connectivity index (χ2n) is 7.18. The van der Waals surface area contributed by atoms with Crippen LogP contribution in [0.3, 0.4) is 0 Å². The van der Waals surface area contributed by atoms with Gasteiger partial charge in [-0.25, -0.2) is 9.97 Å². The molecule has 0 spiro atoms. The number of nitrogens with zero attached hydrogens (tertiary/aromatic N) is 5. The number of morpholine rings is 1. The van der Waals surface area contributed by atoms with Crippen LogP contribution in [0, 0.1) is 10.1 Å². The minimum atomic E-state index is -0.465. The standard InChI is InChI=1S/C22H25N7O3/c30-29(31)20-21(23-11-12-27-13-15-32-16-14-27)24-17-25-22(20)26-28(18-7-3-1-4-8-18)19-9-5-2-6-10-19/h1-10,17H,11-16H2,(H2,23,24,25,26). The van der Waals surface area contributed by atoms with E-state index in [1.165, 1.54) is 6.33 Å². The van der Waals surface area contributed by atoms with E-state index in [9.17, 15) is 10.1 Å². The van der Waals surface area contributed by atoms with E-state index in [-0.39, 0.29) is 17.3 Å². The highest BCUT2D eigenvalue weighted by molar-refractivity contribution is 5.74. The number of para-hydroxylation sites is 2. The Hall–Kier alpha value is -3.76. The fourth-order valence-electron chi connectivity index (χ4n) is 3.46. The van der Waals surface area contributed by atoms with Gasteiger partial charge in [-0.05, 0) is 24.3 Å². The molecule has 10 heteroatoms. The molecule has 2 heterocycles. The first kappa shape index (κ1) is 21.5. The van der Waals surface area contributed by atoms with Crippen molar-refractivity contribution in [1.82, 2.24) is 14.9 Å². The molecule has 0 bridgehead atoms. The molecule has 32 heavy (non-hydrogen) atoms. The first-order valence-corrected chi connectivity index (χ1v) is 10.4. The van der Waals surface area contributed by atoms with Crippen LogP contribution in [0.2, 0.25) is 0 Å². The number of hydrogen-bond donors (Lipinski definition) is 2. The summed E-state index contributed by atoms with van der Waals surface area (Å²) in [7, 11) is 0. The van der Waals surface area contributed by atoms with Crippen molar-refractivity contribution in [3.05, 3.63) is 77.1 Å². The Morgan fingerprint density at radius 2 is 1.56 bits per heavy atom. The van der Waals surface area contributed by atoms with Gasteiger partial charge in [0.15, 0.2) is 0 Å². The summed E-state index contributed by atoms with van der Waals surface area (Å²) in [6.07, 6.45) is 1.32. The number of nitro groups is 1. The van der Waals surface area contributed by atoms with Crippen molar-refractivity contribution < 1.29 is 9.66 Å². The SMILES string of the molecule is O=[N+]([O-])c1c(NCCN2CCOCC2)ncnc1NN(c1ccccc1)c1ccccc1. The van der Waals surface area contributed by atoms with Crippen LogP contribution in [0.5, 0.6) is 0 Å². The smallest absolute Gasteiger partial charge is 0.354 e. The molecule has 1 aliphatic heterocycles. The molecule has 3 aromatic rings. The summed E-state index contributed by atoms with van der Waals surface area (Å²) >= 11 is 0. The molecular formula is C22H25N7O3. The maximum atomic E-state index is 12.0. The van der Waals surface area contributed by atoms with Gasteiger partial charge in [0.1, 0.15) is 6.33 Å². The van der Waals surface area contributed by atoms with Gasteiger partial charge in [-0.1, -0.05) is 36.4 Å². The van der Waals surface area contributed by atoms with Gasteiger partial charge in [0.25, 0.3) is 0 Å². The molecule has 1 aliphatic rings. The highest BCUT2D eigenvalue weighted by atomic mass is 16.6. The Bertz CT molecular complexity index is 975. The van der Waals surface area contributed by atoms with E-state index in [0.29, 0.717) is 19.8 Å². The summed E-state index contributed by atoms with van der Waals surface area (Å²) in [6, 6.07) is 19.1. The summed E-state index contributed by atoms with van der Waals surface area (Å²) in [6.45, 7) is 4.38. The number of benzene rings is 2. The number of anilines is 4. The number of ether oxygens (including phenoxy) is 1. The zero-order valence-corrected chi connectivity index (χ0v) is 17.6. The Morgan fingerprint density at radius 3 is 2.16 bits per heavy atom. The highest BCUT2D eigenvalue weighted by Gasteiger charge is 2.25. The van der Waals surface area contributed by atoms with Gasteiger partial charge in [0.2, 0.25) is 11.6 Å². The van der Waals surface area contributed by atoms with Crippen LogP contribution in [0.1, 0.15) is 0 Å². The number of aromatic nitrogens is 2. The van der Waals surface area contributed by atoms with Gasteiger partial charge < -0.3 is 10.1 Å². The largest absolute Gasteiger partial charge is 0.379 e. The van der Waals surface area contributed by atoms with Crippen molar-refractivity contribution in [2.75, 3.05) is 55.1 Å². The topological polar surface area (TPSA) is 109 Å². The van der Waals surface area contributed by atoms with E-state index < -0.39 is 4.92 Å². The molecule has 1 fully saturated rings. The van der Waals surface area contributed by atoms with Gasteiger partial charge in [0, 0.05) is 26.2 Å². The van der Waals surface area contributed by atoms with Crippen LogP contribution < -0.4 is 15.8 Å². The molecular weight excluding hydrogens is 410 g/mol. The molecule has 166 valence electrons. The van der Waals surface area contributed by atoms with Crippen molar-refractivity contribution in [2.24, 2.45) is 0 Å². The van der Waals surface area contributed by atoms with Gasteiger partial charge in [-0.3, -0.25) is 25.4 Å². The number of rotatable bonds is 9. The van der Waals surface area contributed by atoms with Crippen LogP contribution in [0.4, 0.5) is 28.7 Å². The molecule has 0 aliphatic carbocycles. The van der Waals surface area contributed by atoms with Crippen LogP contribution in [-0.4, -0.2) is 59.2 Å². The third kappa shape index (κ3) is 5.29. The van der Waals surface area contributed by atoms with E-state index >= 15 is 0 Å². The van der Waals surface area contributed by atoms with Crippen molar-refractivity contribution in [2.45, 2.75) is 0 Å². The van der Waals surface area contributed by atoms with Crippen LogP contribution in [-0.2, 0) is 4.74 Å². The number of nitrogens with one attached hydrogen (secondary N) is 2. The second-order valence-corrected chi connectivity index (χ2v) is 7.18. The maximum absolute atomic E-state index is 12.0. The second kappa shape index (κ2) is 10.5. The predicted molar refractivity (Wildman–Crippen MR) is 123 cm³/mol. The molecule has 2 aromatic carbocycles. The molecule has 0 radical (unpaired) electrons. The Kier molecular flexibility index (Phi) is 7.05. The van der Waals surface area contributed by atoms with E-state index in [4.69, 9.17) is 4.74 Å². The quantitative estimate of drug-likeness (QED) is 0.386. The minimum absolute atomic E-state index is 0.103. The Balaban J connectivity index is 1.57. The van der Waals surface area contributed by atoms with Crippen LogP contribution in [0.25, 0.3) is 0 Å². The van der Waals surface area contributed by atoms with Crippen LogP contribution >= 0.6 is 0 Å².